The topological polar surface area (TPSA) is 81.3 Å². The van der Waals surface area contributed by atoms with Gasteiger partial charge in [-0.25, -0.2) is 18.7 Å². The Kier molecular flexibility index (Phi) is 4.39. The van der Waals surface area contributed by atoms with E-state index in [2.05, 4.69) is 15.1 Å². The number of nitrogens with zero attached hydrogens (tertiary/aromatic N) is 3. The van der Waals surface area contributed by atoms with Crippen LogP contribution in [0, 0.1) is 5.82 Å². The van der Waals surface area contributed by atoms with Crippen molar-refractivity contribution in [1.29, 1.82) is 0 Å². The van der Waals surface area contributed by atoms with Gasteiger partial charge in [-0.3, -0.25) is 0 Å². The van der Waals surface area contributed by atoms with Gasteiger partial charge < -0.3 is 14.4 Å². The average molecular weight is 413 g/mol. The second-order valence-electron chi connectivity index (χ2n) is 6.60. The van der Waals surface area contributed by atoms with Gasteiger partial charge in [-0.15, -0.1) is 0 Å². The van der Waals surface area contributed by atoms with Crippen molar-refractivity contribution in [3.8, 4) is 23.2 Å². The molecule has 11 heteroatoms. The first-order chi connectivity index (χ1) is 13.6. The number of aromatic nitrogens is 3. The van der Waals surface area contributed by atoms with Crippen molar-refractivity contribution in [3.05, 3.63) is 53.6 Å². The standard InChI is InChI=1S/C18H12F5N3O3/c19-12-2-1-9(18(21,22)23)3-11(12)17(20)5-10(6-17)28-16-8-24-13(7-25-16)14-4-15(27)26-29-14/h1-4,7-8,10H,5-6H2,(H,26,27)/t10-,17-. The fraction of sp³-hybridized carbons (Fsp3) is 0.278. The third-order valence-electron chi connectivity index (χ3n) is 4.54. The second-order valence-corrected chi connectivity index (χ2v) is 6.60. The summed E-state index contributed by atoms with van der Waals surface area (Å²) >= 11 is 0. The molecular weight excluding hydrogens is 401 g/mol. The van der Waals surface area contributed by atoms with E-state index < -0.39 is 34.9 Å². The van der Waals surface area contributed by atoms with E-state index >= 15 is 0 Å². The third kappa shape index (κ3) is 3.71. The normalized spacial score (nSPS) is 21.6. The van der Waals surface area contributed by atoms with Crippen LogP contribution in [-0.2, 0) is 11.8 Å². The molecule has 2 heterocycles. The molecule has 0 spiro atoms. The van der Waals surface area contributed by atoms with Crippen molar-refractivity contribution in [1.82, 2.24) is 15.1 Å². The summed E-state index contributed by atoms with van der Waals surface area (Å²) in [4.78, 5) is 7.98. The van der Waals surface area contributed by atoms with Gasteiger partial charge in [0.05, 0.1) is 24.0 Å². The van der Waals surface area contributed by atoms with Crippen molar-refractivity contribution in [2.45, 2.75) is 30.8 Å². The number of benzene rings is 1. The van der Waals surface area contributed by atoms with E-state index in [1.165, 1.54) is 18.5 Å². The molecule has 2 aromatic heterocycles. The molecule has 1 fully saturated rings. The van der Waals surface area contributed by atoms with Crippen LogP contribution < -0.4 is 4.74 Å². The molecule has 6 nitrogen and oxygen atoms in total. The summed E-state index contributed by atoms with van der Waals surface area (Å²) in [5, 5.41) is 12.4. The van der Waals surface area contributed by atoms with Gasteiger partial charge in [0.2, 0.25) is 5.88 Å². The lowest BCUT2D eigenvalue weighted by Crippen LogP contribution is -2.45. The van der Waals surface area contributed by atoms with E-state index in [4.69, 9.17) is 14.4 Å². The van der Waals surface area contributed by atoms with Crippen LogP contribution in [0.25, 0.3) is 11.5 Å². The SMILES string of the molecule is Oc1cc(-c2cnc(O[C@H]3C[C@@](F)(c4cc(C(F)(F)F)ccc4F)C3)cn2)on1. The highest BCUT2D eigenvalue weighted by atomic mass is 19.4. The van der Waals surface area contributed by atoms with E-state index in [1.807, 2.05) is 0 Å². The smallest absolute Gasteiger partial charge is 0.416 e. The van der Waals surface area contributed by atoms with Gasteiger partial charge in [-0.2, -0.15) is 13.2 Å². The molecule has 0 aliphatic heterocycles. The summed E-state index contributed by atoms with van der Waals surface area (Å²) in [6, 6.07) is 2.91. The number of halogens is 5. The van der Waals surface area contributed by atoms with Gasteiger partial charge in [-0.1, -0.05) is 0 Å². The fourth-order valence-electron chi connectivity index (χ4n) is 3.07. The summed E-state index contributed by atoms with van der Waals surface area (Å²) in [7, 11) is 0. The molecule has 0 saturated heterocycles. The van der Waals surface area contributed by atoms with Crippen LogP contribution in [0.1, 0.15) is 24.0 Å². The first kappa shape index (κ1) is 19.1. The van der Waals surface area contributed by atoms with Gasteiger partial charge in [0.15, 0.2) is 5.76 Å². The lowest BCUT2D eigenvalue weighted by Gasteiger charge is -2.41. The molecule has 3 aromatic rings. The lowest BCUT2D eigenvalue weighted by atomic mass is 9.74. The summed E-state index contributed by atoms with van der Waals surface area (Å²) < 4.78 is 77.6. The minimum atomic E-state index is -4.70. The number of alkyl halides is 4. The van der Waals surface area contributed by atoms with Crippen LogP contribution in [0.15, 0.2) is 41.2 Å². The van der Waals surface area contributed by atoms with Crippen LogP contribution in [0.5, 0.6) is 11.8 Å². The van der Waals surface area contributed by atoms with Gasteiger partial charge in [0, 0.05) is 18.4 Å². The molecular formula is C18H12F5N3O3. The molecule has 1 N–H and O–H groups in total. The Labute approximate surface area is 160 Å². The van der Waals surface area contributed by atoms with E-state index in [1.54, 1.807) is 0 Å². The van der Waals surface area contributed by atoms with Crippen molar-refractivity contribution < 1.29 is 36.3 Å². The summed E-state index contributed by atoms with van der Waals surface area (Å²) in [5.41, 5.74) is -3.75. The Bertz CT molecular complexity index is 1030. The molecule has 1 aliphatic rings. The van der Waals surface area contributed by atoms with Gasteiger partial charge in [0.1, 0.15) is 23.3 Å². The zero-order valence-electron chi connectivity index (χ0n) is 14.5. The minimum Gasteiger partial charge on any atom is -0.491 e. The minimum absolute atomic E-state index is 0.0500. The fourth-order valence-corrected chi connectivity index (χ4v) is 3.07. The zero-order chi connectivity index (χ0) is 20.8. The van der Waals surface area contributed by atoms with Crippen molar-refractivity contribution >= 4 is 0 Å². The van der Waals surface area contributed by atoms with Crippen molar-refractivity contribution in [2.75, 3.05) is 0 Å². The Morgan fingerprint density at radius 2 is 1.90 bits per heavy atom. The highest BCUT2D eigenvalue weighted by molar-refractivity contribution is 5.51. The highest BCUT2D eigenvalue weighted by Gasteiger charge is 2.50. The number of hydrogen-bond donors (Lipinski definition) is 1. The predicted molar refractivity (Wildman–Crippen MR) is 87.0 cm³/mol. The average Bonchev–Trinajstić information content (AvgIpc) is 3.06. The van der Waals surface area contributed by atoms with Crippen LogP contribution in [0.3, 0.4) is 0 Å². The Morgan fingerprint density at radius 1 is 1.14 bits per heavy atom. The van der Waals surface area contributed by atoms with Crippen molar-refractivity contribution in [2.24, 2.45) is 0 Å². The summed E-state index contributed by atoms with van der Waals surface area (Å²) in [6.45, 7) is 0. The van der Waals surface area contributed by atoms with Crippen LogP contribution in [-0.4, -0.2) is 26.3 Å². The lowest BCUT2D eigenvalue weighted by molar-refractivity contribution is -0.137. The molecule has 0 bridgehead atoms. The Balaban J connectivity index is 1.43. The number of rotatable bonds is 4. The molecule has 4 rings (SSSR count). The summed E-state index contributed by atoms with van der Waals surface area (Å²) in [5.74, 6) is -1.14. The maximum absolute atomic E-state index is 14.9. The second kappa shape index (κ2) is 6.68. The highest BCUT2D eigenvalue weighted by Crippen LogP contribution is 2.48. The van der Waals surface area contributed by atoms with Gasteiger partial charge in [-0.05, 0) is 23.4 Å². The molecule has 29 heavy (non-hydrogen) atoms. The zero-order valence-corrected chi connectivity index (χ0v) is 14.5. The molecule has 0 unspecified atom stereocenters. The van der Waals surface area contributed by atoms with Crippen LogP contribution >= 0.6 is 0 Å². The Morgan fingerprint density at radius 3 is 2.48 bits per heavy atom. The maximum atomic E-state index is 14.9. The van der Waals surface area contributed by atoms with Crippen LogP contribution in [0.2, 0.25) is 0 Å². The van der Waals surface area contributed by atoms with Crippen molar-refractivity contribution in [3.63, 3.8) is 0 Å². The monoisotopic (exact) mass is 413 g/mol. The predicted octanol–water partition coefficient (Wildman–Crippen LogP) is 4.40. The van der Waals surface area contributed by atoms with Crippen LogP contribution in [0.4, 0.5) is 22.0 Å². The summed E-state index contributed by atoms with van der Waals surface area (Å²) in [6.07, 6.45) is -3.55. The van der Waals surface area contributed by atoms with E-state index in [9.17, 15) is 22.0 Å². The largest absolute Gasteiger partial charge is 0.491 e. The molecule has 0 radical (unpaired) electrons. The number of ether oxygens (including phenoxy) is 1. The maximum Gasteiger partial charge on any atom is 0.416 e. The van der Waals surface area contributed by atoms with Gasteiger partial charge in [0.25, 0.3) is 5.88 Å². The molecule has 0 amide bonds. The Hall–Kier alpha value is -3.24. The number of hydrogen-bond acceptors (Lipinski definition) is 6. The number of aromatic hydroxyl groups is 1. The van der Waals surface area contributed by atoms with Gasteiger partial charge >= 0.3 is 6.18 Å². The van der Waals surface area contributed by atoms with E-state index in [0.717, 1.165) is 0 Å². The quantitative estimate of drug-likeness (QED) is 0.639. The molecule has 152 valence electrons. The molecule has 1 saturated carbocycles. The third-order valence-corrected chi connectivity index (χ3v) is 4.54. The molecule has 1 aliphatic carbocycles. The van der Waals surface area contributed by atoms with E-state index in [0.29, 0.717) is 18.2 Å². The molecule has 0 atom stereocenters. The van der Waals surface area contributed by atoms with E-state index in [-0.39, 0.29) is 36.1 Å². The molecule has 1 aromatic carbocycles. The first-order valence-electron chi connectivity index (χ1n) is 8.35. The first-order valence-corrected chi connectivity index (χ1v) is 8.35.